The average Bonchev–Trinajstić information content (AvgIpc) is 2.79. The van der Waals surface area contributed by atoms with E-state index in [9.17, 15) is 9.59 Å². The molecular weight excluding hydrogens is 234 g/mol. The first-order chi connectivity index (χ1) is 8.65. The fourth-order valence-electron chi connectivity index (χ4n) is 2.25. The number of aromatic amines is 1. The molecule has 0 amide bonds. The van der Waals surface area contributed by atoms with Gasteiger partial charge in [-0.05, 0) is 19.1 Å². The van der Waals surface area contributed by atoms with E-state index in [4.69, 9.17) is 9.15 Å². The molecule has 0 aliphatic carbocycles. The lowest BCUT2D eigenvalue weighted by Gasteiger charge is -2.22. The lowest BCUT2D eigenvalue weighted by molar-refractivity contribution is -0.135. The normalized spacial score (nSPS) is 18.3. The Morgan fingerprint density at radius 3 is 2.94 bits per heavy atom. The van der Waals surface area contributed by atoms with Gasteiger partial charge in [0, 0.05) is 11.8 Å². The molecule has 0 saturated carbocycles. The van der Waals surface area contributed by atoms with Crippen LogP contribution in [0.25, 0.3) is 0 Å². The predicted molar refractivity (Wildman–Crippen MR) is 62.6 cm³/mol. The van der Waals surface area contributed by atoms with Crippen molar-refractivity contribution in [2.75, 3.05) is 0 Å². The number of pyridine rings is 1. The topological polar surface area (TPSA) is 72.3 Å². The molecule has 0 spiro atoms. The van der Waals surface area contributed by atoms with E-state index in [0.717, 1.165) is 0 Å². The molecule has 1 aliphatic rings. The first kappa shape index (κ1) is 10.8. The number of carbonyl (C=O) groups excluding carboxylic acids is 1. The molecule has 0 saturated heterocycles. The number of furan rings is 1. The Bertz CT molecular complexity index is 654. The third-order valence-corrected chi connectivity index (χ3v) is 3.00. The van der Waals surface area contributed by atoms with E-state index in [1.54, 1.807) is 25.1 Å². The van der Waals surface area contributed by atoms with Crippen molar-refractivity contribution >= 4 is 5.97 Å². The van der Waals surface area contributed by atoms with Gasteiger partial charge in [-0.15, -0.1) is 0 Å². The molecule has 5 nitrogen and oxygen atoms in total. The Morgan fingerprint density at radius 1 is 1.39 bits per heavy atom. The standard InChI is InChI=1S/C13H11NO4/c1-7-5-10-12(13(16)14-7)8(6-11(15)18-10)9-3-2-4-17-9/h2-5,8H,6H2,1H3,(H,14,16)/t8-/m1/s1. The zero-order valence-electron chi connectivity index (χ0n) is 9.73. The fraction of sp³-hybridized carbons (Fsp3) is 0.231. The number of nitrogens with one attached hydrogen (secondary N) is 1. The van der Waals surface area contributed by atoms with Crippen molar-refractivity contribution in [3.05, 3.63) is 51.8 Å². The Hall–Kier alpha value is -2.30. The van der Waals surface area contributed by atoms with Gasteiger partial charge in [-0.3, -0.25) is 9.59 Å². The zero-order valence-corrected chi connectivity index (χ0v) is 9.73. The van der Waals surface area contributed by atoms with E-state index in [2.05, 4.69) is 4.98 Å². The monoisotopic (exact) mass is 245 g/mol. The van der Waals surface area contributed by atoms with Crippen molar-refractivity contribution in [1.29, 1.82) is 0 Å². The molecule has 3 heterocycles. The van der Waals surface area contributed by atoms with Crippen molar-refractivity contribution in [1.82, 2.24) is 4.98 Å². The van der Waals surface area contributed by atoms with Crippen molar-refractivity contribution in [3.8, 4) is 5.75 Å². The van der Waals surface area contributed by atoms with Crippen LogP contribution in [0.1, 0.15) is 29.4 Å². The molecule has 1 N–H and O–H groups in total. The quantitative estimate of drug-likeness (QED) is 0.776. The van der Waals surface area contributed by atoms with E-state index in [1.807, 2.05) is 0 Å². The maximum atomic E-state index is 12.0. The van der Waals surface area contributed by atoms with E-state index >= 15 is 0 Å². The van der Waals surface area contributed by atoms with Crippen LogP contribution in [0, 0.1) is 6.92 Å². The third kappa shape index (κ3) is 1.64. The van der Waals surface area contributed by atoms with Crippen LogP contribution in [-0.2, 0) is 4.79 Å². The number of H-pyrrole nitrogens is 1. The molecule has 1 atom stereocenters. The van der Waals surface area contributed by atoms with Crippen LogP contribution in [0.3, 0.4) is 0 Å². The Morgan fingerprint density at radius 2 is 2.22 bits per heavy atom. The predicted octanol–water partition coefficient (Wildman–Crippen LogP) is 1.72. The SMILES string of the molecule is Cc1cc2c(c(=O)[nH]1)[C@@H](c1ccco1)CC(=O)O2. The van der Waals surface area contributed by atoms with Crippen LogP contribution in [0.4, 0.5) is 0 Å². The lowest BCUT2D eigenvalue weighted by atomic mass is 9.91. The molecule has 0 radical (unpaired) electrons. The van der Waals surface area contributed by atoms with Crippen molar-refractivity contribution in [2.24, 2.45) is 0 Å². The van der Waals surface area contributed by atoms with E-state index in [0.29, 0.717) is 22.8 Å². The summed E-state index contributed by atoms with van der Waals surface area (Å²) < 4.78 is 10.4. The number of carbonyl (C=O) groups is 1. The molecule has 2 aromatic heterocycles. The Balaban J connectivity index is 2.21. The molecule has 1 aliphatic heterocycles. The highest BCUT2D eigenvalue weighted by atomic mass is 16.5. The minimum atomic E-state index is -0.374. The van der Waals surface area contributed by atoms with Crippen molar-refractivity contribution in [3.63, 3.8) is 0 Å². The molecule has 0 unspecified atom stereocenters. The largest absolute Gasteiger partial charge is 0.469 e. The smallest absolute Gasteiger partial charge is 0.312 e. The first-order valence-electron chi connectivity index (χ1n) is 5.63. The van der Waals surface area contributed by atoms with Crippen LogP contribution in [0.2, 0.25) is 0 Å². The van der Waals surface area contributed by atoms with Gasteiger partial charge in [-0.25, -0.2) is 0 Å². The van der Waals surface area contributed by atoms with Crippen LogP contribution < -0.4 is 10.3 Å². The van der Waals surface area contributed by atoms with Crippen LogP contribution in [-0.4, -0.2) is 11.0 Å². The molecule has 2 aromatic rings. The zero-order chi connectivity index (χ0) is 12.7. The third-order valence-electron chi connectivity index (χ3n) is 3.00. The maximum Gasteiger partial charge on any atom is 0.312 e. The number of hydrogen-bond acceptors (Lipinski definition) is 4. The number of fused-ring (bicyclic) bond motifs is 1. The number of aromatic nitrogens is 1. The molecule has 18 heavy (non-hydrogen) atoms. The van der Waals surface area contributed by atoms with Gasteiger partial charge >= 0.3 is 5.97 Å². The molecule has 3 rings (SSSR count). The summed E-state index contributed by atoms with van der Waals surface area (Å²) in [4.78, 5) is 26.3. The van der Waals surface area contributed by atoms with Gasteiger partial charge in [0.15, 0.2) is 0 Å². The number of esters is 1. The van der Waals surface area contributed by atoms with E-state index < -0.39 is 0 Å². The van der Waals surface area contributed by atoms with Crippen LogP contribution in [0.15, 0.2) is 33.7 Å². The maximum absolute atomic E-state index is 12.0. The highest BCUT2D eigenvalue weighted by Gasteiger charge is 2.32. The number of hydrogen-bond donors (Lipinski definition) is 1. The first-order valence-corrected chi connectivity index (χ1v) is 5.63. The van der Waals surface area contributed by atoms with Crippen LogP contribution >= 0.6 is 0 Å². The molecular formula is C13H11NO4. The summed E-state index contributed by atoms with van der Waals surface area (Å²) in [6, 6.07) is 5.15. The highest BCUT2D eigenvalue weighted by molar-refractivity contribution is 5.77. The van der Waals surface area contributed by atoms with Gasteiger partial charge in [0.05, 0.1) is 24.2 Å². The molecule has 0 bridgehead atoms. The summed E-state index contributed by atoms with van der Waals surface area (Å²) in [7, 11) is 0. The summed E-state index contributed by atoms with van der Waals surface area (Å²) in [5, 5.41) is 0. The van der Waals surface area contributed by atoms with E-state index in [-0.39, 0.29) is 23.9 Å². The summed E-state index contributed by atoms with van der Waals surface area (Å²) in [5.74, 6) is 0.200. The minimum Gasteiger partial charge on any atom is -0.469 e. The van der Waals surface area contributed by atoms with Gasteiger partial charge in [-0.2, -0.15) is 0 Å². The van der Waals surface area contributed by atoms with Gasteiger partial charge in [0.1, 0.15) is 11.5 Å². The average molecular weight is 245 g/mol. The van der Waals surface area contributed by atoms with Gasteiger partial charge in [-0.1, -0.05) is 0 Å². The number of ether oxygens (including phenoxy) is 1. The van der Waals surface area contributed by atoms with Gasteiger partial charge in [0.25, 0.3) is 5.56 Å². The van der Waals surface area contributed by atoms with Gasteiger partial charge < -0.3 is 14.1 Å². The van der Waals surface area contributed by atoms with Crippen LogP contribution in [0.5, 0.6) is 5.75 Å². The molecule has 0 aromatic carbocycles. The number of aryl methyl sites for hydroxylation is 1. The fourth-order valence-corrected chi connectivity index (χ4v) is 2.25. The van der Waals surface area contributed by atoms with Gasteiger partial charge in [0.2, 0.25) is 0 Å². The van der Waals surface area contributed by atoms with Crippen molar-refractivity contribution < 1.29 is 13.9 Å². The molecule has 92 valence electrons. The van der Waals surface area contributed by atoms with Crippen molar-refractivity contribution in [2.45, 2.75) is 19.3 Å². The molecule has 0 fully saturated rings. The Labute approximate surface area is 102 Å². The second-order valence-electron chi connectivity index (χ2n) is 4.31. The Kier molecular flexibility index (Phi) is 2.33. The second-order valence-corrected chi connectivity index (χ2v) is 4.31. The van der Waals surface area contributed by atoms with E-state index in [1.165, 1.54) is 6.26 Å². The summed E-state index contributed by atoms with van der Waals surface area (Å²) >= 11 is 0. The minimum absolute atomic E-state index is 0.118. The molecule has 5 heteroatoms. The summed E-state index contributed by atoms with van der Waals surface area (Å²) in [6.07, 6.45) is 1.64. The number of rotatable bonds is 1. The lowest BCUT2D eigenvalue weighted by Crippen LogP contribution is -2.28. The summed E-state index contributed by atoms with van der Waals surface area (Å²) in [6.45, 7) is 1.74. The second kappa shape index (κ2) is 3.87. The highest BCUT2D eigenvalue weighted by Crippen LogP contribution is 2.36. The summed E-state index contributed by atoms with van der Waals surface area (Å²) in [5.41, 5.74) is 0.876.